The number of anilines is 1. The first-order valence-electron chi connectivity index (χ1n) is 8.76. The lowest BCUT2D eigenvalue weighted by atomic mass is 10.2. The molecule has 0 aliphatic rings. The molecule has 1 atom stereocenters. The SMILES string of the molecule is Cc1cccc(O[C@@H](C)C(=O)Nc2c(C)n(C)n(-c3ccccc3)c2=O)c1. The number of amides is 1. The van der Waals surface area contributed by atoms with Crippen LogP contribution in [0.4, 0.5) is 5.69 Å². The van der Waals surface area contributed by atoms with Crippen LogP contribution < -0.4 is 15.6 Å². The van der Waals surface area contributed by atoms with Crippen molar-refractivity contribution < 1.29 is 9.53 Å². The fraction of sp³-hybridized carbons (Fsp3) is 0.238. The van der Waals surface area contributed by atoms with Gasteiger partial charge in [-0.15, -0.1) is 0 Å². The van der Waals surface area contributed by atoms with E-state index in [1.165, 1.54) is 4.68 Å². The van der Waals surface area contributed by atoms with Gasteiger partial charge in [0.05, 0.1) is 11.4 Å². The van der Waals surface area contributed by atoms with Crippen LogP contribution in [0.25, 0.3) is 5.69 Å². The summed E-state index contributed by atoms with van der Waals surface area (Å²) >= 11 is 0. The molecule has 0 unspecified atom stereocenters. The standard InChI is InChI=1S/C21H23N3O3/c1-14-9-8-12-18(13-14)27-16(3)20(25)22-19-15(2)23(4)24(21(19)26)17-10-6-5-7-11-17/h5-13,16H,1-4H3,(H,22,25)/t16-/m0/s1. The number of aryl methyl sites for hydroxylation is 1. The molecule has 3 rings (SSSR count). The highest BCUT2D eigenvalue weighted by Crippen LogP contribution is 2.17. The van der Waals surface area contributed by atoms with Crippen LogP contribution in [0.15, 0.2) is 59.4 Å². The second-order valence-electron chi connectivity index (χ2n) is 6.50. The number of rotatable bonds is 5. The van der Waals surface area contributed by atoms with Crippen molar-refractivity contribution in [3.63, 3.8) is 0 Å². The molecule has 0 aliphatic carbocycles. The number of carbonyl (C=O) groups is 1. The third kappa shape index (κ3) is 3.79. The Hall–Kier alpha value is -3.28. The highest BCUT2D eigenvalue weighted by atomic mass is 16.5. The van der Waals surface area contributed by atoms with Gasteiger partial charge in [-0.1, -0.05) is 30.3 Å². The number of carbonyl (C=O) groups excluding carboxylic acids is 1. The molecule has 0 bridgehead atoms. The number of ether oxygens (including phenoxy) is 1. The summed E-state index contributed by atoms with van der Waals surface area (Å²) in [6.07, 6.45) is -0.740. The average molecular weight is 365 g/mol. The molecule has 0 spiro atoms. The number of para-hydroxylation sites is 1. The zero-order chi connectivity index (χ0) is 19.6. The van der Waals surface area contributed by atoms with Gasteiger partial charge >= 0.3 is 0 Å². The quantitative estimate of drug-likeness (QED) is 0.755. The summed E-state index contributed by atoms with van der Waals surface area (Å²) in [6, 6.07) is 16.8. The Kier molecular flexibility index (Phi) is 5.16. The fourth-order valence-corrected chi connectivity index (χ4v) is 2.88. The summed E-state index contributed by atoms with van der Waals surface area (Å²) in [5.41, 5.74) is 2.42. The summed E-state index contributed by atoms with van der Waals surface area (Å²) in [5, 5.41) is 2.73. The van der Waals surface area contributed by atoms with Gasteiger partial charge in [0.15, 0.2) is 6.10 Å². The highest BCUT2D eigenvalue weighted by molar-refractivity contribution is 5.94. The molecule has 27 heavy (non-hydrogen) atoms. The van der Waals surface area contributed by atoms with E-state index < -0.39 is 6.10 Å². The largest absolute Gasteiger partial charge is 0.481 e. The molecule has 1 aromatic heterocycles. The van der Waals surface area contributed by atoms with E-state index in [4.69, 9.17) is 4.74 Å². The van der Waals surface area contributed by atoms with Crippen LogP contribution in [0.2, 0.25) is 0 Å². The van der Waals surface area contributed by atoms with Gasteiger partial charge in [0.25, 0.3) is 11.5 Å². The van der Waals surface area contributed by atoms with Crippen LogP contribution in [0.1, 0.15) is 18.2 Å². The summed E-state index contributed by atoms with van der Waals surface area (Å²) in [6.45, 7) is 5.41. The third-order valence-corrected chi connectivity index (χ3v) is 4.47. The minimum atomic E-state index is -0.740. The maximum absolute atomic E-state index is 12.9. The van der Waals surface area contributed by atoms with Crippen molar-refractivity contribution in [2.24, 2.45) is 7.05 Å². The lowest BCUT2D eigenvalue weighted by molar-refractivity contribution is -0.122. The third-order valence-electron chi connectivity index (χ3n) is 4.47. The Morgan fingerprint density at radius 3 is 2.44 bits per heavy atom. The Morgan fingerprint density at radius 2 is 1.78 bits per heavy atom. The predicted octanol–water partition coefficient (Wildman–Crippen LogP) is 3.20. The minimum Gasteiger partial charge on any atom is -0.481 e. The van der Waals surface area contributed by atoms with E-state index >= 15 is 0 Å². The monoisotopic (exact) mass is 365 g/mol. The van der Waals surface area contributed by atoms with E-state index in [0.717, 1.165) is 11.3 Å². The van der Waals surface area contributed by atoms with Gasteiger partial charge < -0.3 is 10.1 Å². The molecule has 6 heteroatoms. The highest BCUT2D eigenvalue weighted by Gasteiger charge is 2.21. The molecule has 0 fully saturated rings. The summed E-state index contributed by atoms with van der Waals surface area (Å²) in [7, 11) is 1.78. The first kappa shape index (κ1) is 18.5. The molecular formula is C21H23N3O3. The molecular weight excluding hydrogens is 342 g/mol. The Bertz CT molecular complexity index is 1020. The lowest BCUT2D eigenvalue weighted by Gasteiger charge is -2.14. The molecule has 0 radical (unpaired) electrons. The van der Waals surface area contributed by atoms with E-state index in [1.54, 1.807) is 31.6 Å². The van der Waals surface area contributed by atoms with Gasteiger partial charge in [-0.25, -0.2) is 4.68 Å². The van der Waals surface area contributed by atoms with Crippen LogP contribution in [0.5, 0.6) is 5.75 Å². The molecule has 2 aromatic carbocycles. The van der Waals surface area contributed by atoms with Gasteiger partial charge in [0, 0.05) is 7.05 Å². The number of aromatic nitrogens is 2. The second kappa shape index (κ2) is 7.53. The smallest absolute Gasteiger partial charge is 0.295 e. The molecule has 140 valence electrons. The molecule has 3 aromatic rings. The van der Waals surface area contributed by atoms with Gasteiger partial charge in [0.2, 0.25) is 0 Å². The van der Waals surface area contributed by atoms with Crippen molar-refractivity contribution in [3.05, 3.63) is 76.2 Å². The fourth-order valence-electron chi connectivity index (χ4n) is 2.88. The van der Waals surface area contributed by atoms with Crippen LogP contribution in [0.3, 0.4) is 0 Å². The first-order chi connectivity index (χ1) is 12.9. The second-order valence-corrected chi connectivity index (χ2v) is 6.50. The van der Waals surface area contributed by atoms with Crippen LogP contribution in [-0.2, 0) is 11.8 Å². The summed E-state index contributed by atoms with van der Waals surface area (Å²) in [5.74, 6) is 0.242. The van der Waals surface area contributed by atoms with Crippen LogP contribution >= 0.6 is 0 Å². The van der Waals surface area contributed by atoms with Gasteiger partial charge in [-0.05, 0) is 50.6 Å². The molecule has 0 aliphatic heterocycles. The van der Waals surface area contributed by atoms with Gasteiger partial charge in [-0.2, -0.15) is 0 Å². The average Bonchev–Trinajstić information content (AvgIpc) is 2.85. The number of nitrogens with zero attached hydrogens (tertiary/aromatic N) is 2. The van der Waals surface area contributed by atoms with Crippen molar-refractivity contribution in [3.8, 4) is 11.4 Å². The van der Waals surface area contributed by atoms with Crippen LogP contribution in [-0.4, -0.2) is 21.4 Å². The van der Waals surface area contributed by atoms with Gasteiger partial charge in [-0.3, -0.25) is 14.3 Å². The number of hydrogen-bond acceptors (Lipinski definition) is 3. The maximum Gasteiger partial charge on any atom is 0.295 e. The lowest BCUT2D eigenvalue weighted by Crippen LogP contribution is -2.32. The molecule has 1 heterocycles. The van der Waals surface area contributed by atoms with E-state index in [-0.39, 0.29) is 17.2 Å². The zero-order valence-corrected chi connectivity index (χ0v) is 15.9. The van der Waals surface area contributed by atoms with E-state index in [0.29, 0.717) is 11.4 Å². The van der Waals surface area contributed by atoms with Crippen molar-refractivity contribution >= 4 is 11.6 Å². The molecule has 1 amide bonds. The molecule has 0 saturated heterocycles. The Labute approximate surface area is 158 Å². The number of hydrogen-bond donors (Lipinski definition) is 1. The topological polar surface area (TPSA) is 65.3 Å². The first-order valence-corrected chi connectivity index (χ1v) is 8.76. The molecule has 1 N–H and O–H groups in total. The minimum absolute atomic E-state index is 0.256. The summed E-state index contributed by atoms with van der Waals surface area (Å²) < 4.78 is 8.95. The van der Waals surface area contributed by atoms with Crippen molar-refractivity contribution in [2.45, 2.75) is 26.9 Å². The summed E-state index contributed by atoms with van der Waals surface area (Å²) in [4.78, 5) is 25.4. The van der Waals surface area contributed by atoms with E-state index in [2.05, 4.69) is 5.32 Å². The molecule has 6 nitrogen and oxygen atoms in total. The molecule has 0 saturated carbocycles. The van der Waals surface area contributed by atoms with Crippen molar-refractivity contribution in [1.82, 2.24) is 9.36 Å². The van der Waals surface area contributed by atoms with E-state index in [1.807, 2.05) is 55.5 Å². The van der Waals surface area contributed by atoms with Crippen molar-refractivity contribution in [1.29, 1.82) is 0 Å². The normalized spacial score (nSPS) is 11.9. The van der Waals surface area contributed by atoms with Crippen molar-refractivity contribution in [2.75, 3.05) is 5.32 Å². The Balaban J connectivity index is 1.83. The number of nitrogens with one attached hydrogen (secondary N) is 1. The zero-order valence-electron chi connectivity index (χ0n) is 15.9. The van der Waals surface area contributed by atoms with Gasteiger partial charge in [0.1, 0.15) is 11.4 Å². The maximum atomic E-state index is 12.9. The van der Waals surface area contributed by atoms with Crippen LogP contribution in [0, 0.1) is 13.8 Å². The predicted molar refractivity (Wildman–Crippen MR) is 106 cm³/mol. The van der Waals surface area contributed by atoms with E-state index in [9.17, 15) is 9.59 Å². The Morgan fingerprint density at radius 1 is 1.07 bits per heavy atom. The number of benzene rings is 2.